The van der Waals surface area contributed by atoms with E-state index in [9.17, 15) is 0 Å². The fourth-order valence-corrected chi connectivity index (χ4v) is 12.1. The summed E-state index contributed by atoms with van der Waals surface area (Å²) in [7, 11) is 0. The van der Waals surface area contributed by atoms with Gasteiger partial charge in [-0.3, -0.25) is 0 Å². The molecular weight excluding hydrogens is 456 g/mol. The van der Waals surface area contributed by atoms with E-state index in [-0.39, 0.29) is 0 Å². The van der Waals surface area contributed by atoms with E-state index < -0.39 is 0 Å². The van der Waals surface area contributed by atoms with Crippen molar-refractivity contribution in [3.8, 4) is 0 Å². The van der Waals surface area contributed by atoms with Gasteiger partial charge in [0.25, 0.3) is 0 Å². The number of allylic oxidation sites excluding steroid dienone is 4. The van der Waals surface area contributed by atoms with Gasteiger partial charge < -0.3 is 0 Å². The highest BCUT2D eigenvalue weighted by Gasteiger charge is 2.46. The van der Waals surface area contributed by atoms with Crippen LogP contribution in [0.15, 0.2) is 22.3 Å². The van der Waals surface area contributed by atoms with E-state index >= 15 is 0 Å². The van der Waals surface area contributed by atoms with Gasteiger partial charge in [-0.15, -0.1) is 0 Å². The van der Waals surface area contributed by atoms with Crippen molar-refractivity contribution in [3.05, 3.63) is 22.3 Å². The topological polar surface area (TPSA) is 0 Å². The molecule has 6 aliphatic carbocycles. The largest absolute Gasteiger partial charge is 0.0698 e. The average molecular weight is 519 g/mol. The molecule has 6 aliphatic rings. The lowest BCUT2D eigenvalue weighted by Crippen LogP contribution is -2.33. The minimum Gasteiger partial charge on any atom is -0.0698 e. The molecule has 0 N–H and O–H groups in total. The van der Waals surface area contributed by atoms with E-state index in [2.05, 4.69) is 27.7 Å². The Bertz CT molecular complexity index is 784. The lowest BCUT2D eigenvalue weighted by atomic mass is 9.63. The Balaban J connectivity index is 1.18. The quantitative estimate of drug-likeness (QED) is 0.294. The Kier molecular flexibility index (Phi) is 8.84. The van der Waals surface area contributed by atoms with E-state index in [1.165, 1.54) is 89.9 Å². The maximum Gasteiger partial charge on any atom is -0.0164 e. The van der Waals surface area contributed by atoms with E-state index in [1.54, 1.807) is 38.5 Å². The van der Waals surface area contributed by atoms with Gasteiger partial charge >= 0.3 is 0 Å². The monoisotopic (exact) mass is 518 g/mol. The van der Waals surface area contributed by atoms with Crippen molar-refractivity contribution in [2.75, 3.05) is 0 Å². The summed E-state index contributed by atoms with van der Waals surface area (Å²) >= 11 is 0. The van der Waals surface area contributed by atoms with Crippen molar-refractivity contribution < 1.29 is 0 Å². The highest BCUT2D eigenvalue weighted by Crippen LogP contribution is 2.57. The molecule has 214 valence electrons. The molecule has 4 saturated carbocycles. The van der Waals surface area contributed by atoms with Crippen LogP contribution in [-0.2, 0) is 0 Å². The van der Waals surface area contributed by atoms with Gasteiger partial charge in [-0.05, 0) is 111 Å². The molecule has 0 aromatic rings. The highest BCUT2D eigenvalue weighted by molar-refractivity contribution is 5.32. The zero-order valence-corrected chi connectivity index (χ0v) is 25.9. The van der Waals surface area contributed by atoms with Crippen LogP contribution in [0.25, 0.3) is 0 Å². The third-order valence-corrected chi connectivity index (χ3v) is 13.3. The molecule has 6 rings (SSSR count). The maximum atomic E-state index is 2.54. The molecule has 0 aromatic carbocycles. The Labute approximate surface area is 237 Å². The van der Waals surface area contributed by atoms with Crippen LogP contribution >= 0.6 is 0 Å². The molecule has 0 spiro atoms. The summed E-state index contributed by atoms with van der Waals surface area (Å²) in [6.45, 7) is 10.2. The molecule has 6 unspecified atom stereocenters. The Hall–Kier alpha value is -0.520. The maximum absolute atomic E-state index is 2.54. The second kappa shape index (κ2) is 12.1. The second-order valence-electron chi connectivity index (χ2n) is 15.9. The third-order valence-electron chi connectivity index (χ3n) is 13.3. The molecule has 0 radical (unpaired) electrons. The summed E-state index contributed by atoms with van der Waals surface area (Å²) in [5.41, 5.74) is 7.87. The lowest BCUT2D eigenvalue weighted by Gasteiger charge is -2.42. The van der Waals surface area contributed by atoms with Gasteiger partial charge in [-0.2, -0.15) is 0 Å². The molecular formula is C38H62. The third kappa shape index (κ3) is 5.39. The second-order valence-corrected chi connectivity index (χ2v) is 15.9. The van der Waals surface area contributed by atoms with Crippen molar-refractivity contribution in [3.63, 3.8) is 0 Å². The van der Waals surface area contributed by atoms with Crippen LogP contribution in [0.1, 0.15) is 156 Å². The Morgan fingerprint density at radius 2 is 0.842 bits per heavy atom. The number of fused-ring (bicyclic) bond motifs is 2. The molecule has 0 heteroatoms. The number of hydrogen-bond acceptors (Lipinski definition) is 0. The zero-order chi connectivity index (χ0) is 26.2. The first-order valence-electron chi connectivity index (χ1n) is 18.0. The van der Waals surface area contributed by atoms with Gasteiger partial charge in [0.05, 0.1) is 0 Å². The Morgan fingerprint density at radius 1 is 0.447 bits per heavy atom. The first-order chi connectivity index (χ1) is 18.5. The summed E-state index contributed by atoms with van der Waals surface area (Å²) < 4.78 is 0. The van der Waals surface area contributed by atoms with Crippen molar-refractivity contribution in [1.82, 2.24) is 0 Å². The van der Waals surface area contributed by atoms with E-state index in [1.807, 2.05) is 22.3 Å². The summed E-state index contributed by atoms with van der Waals surface area (Å²) in [5.74, 6) is 9.70. The van der Waals surface area contributed by atoms with Gasteiger partial charge in [-0.25, -0.2) is 0 Å². The summed E-state index contributed by atoms with van der Waals surface area (Å²) in [6.07, 6.45) is 30.3. The normalized spacial score (nSPS) is 37.4. The average Bonchev–Trinajstić information content (AvgIpc) is 3.51. The molecule has 0 amide bonds. The first-order valence-corrected chi connectivity index (χ1v) is 18.0. The predicted molar refractivity (Wildman–Crippen MR) is 164 cm³/mol. The predicted octanol–water partition coefficient (Wildman–Crippen LogP) is 11.7. The van der Waals surface area contributed by atoms with Crippen LogP contribution in [0.5, 0.6) is 0 Å². The fourth-order valence-electron chi connectivity index (χ4n) is 12.1. The van der Waals surface area contributed by atoms with Crippen LogP contribution in [0.4, 0.5) is 0 Å². The van der Waals surface area contributed by atoms with E-state index in [0.717, 1.165) is 59.2 Å². The van der Waals surface area contributed by atoms with Crippen molar-refractivity contribution in [2.24, 2.45) is 59.2 Å². The molecule has 0 aliphatic heterocycles. The minimum absolute atomic E-state index is 0.769. The SMILES string of the molecule is CC(C)C1=C(CCC2=C(C(C)C)C3CCCC(C4CCCCC4)C3C2)CC2C1CCCC2C1CCCCC1. The number of hydrogen-bond donors (Lipinski definition) is 0. The standard InChI is InChI=1S/C38H62/c1-25(2)37-29(23-35-31(17-11-19-33(35)37)27-13-7-5-8-14-27)21-22-30-24-36-32(28-15-9-6-10-16-28)18-12-20-34(36)38(30)26(3)4/h25-28,31-36H,5-24H2,1-4H3. The molecule has 6 atom stereocenters. The van der Waals surface area contributed by atoms with Crippen LogP contribution in [0, 0.1) is 59.2 Å². The van der Waals surface area contributed by atoms with Crippen molar-refractivity contribution >= 4 is 0 Å². The number of rotatable bonds is 7. The molecule has 4 fully saturated rings. The fraction of sp³-hybridized carbons (Fsp3) is 0.895. The summed E-state index contributed by atoms with van der Waals surface area (Å²) in [4.78, 5) is 0. The molecule has 0 aromatic heterocycles. The van der Waals surface area contributed by atoms with Gasteiger partial charge in [0.15, 0.2) is 0 Å². The molecule has 0 heterocycles. The highest BCUT2D eigenvalue weighted by atomic mass is 14.5. The molecule has 0 saturated heterocycles. The smallest absolute Gasteiger partial charge is 0.0164 e. The molecule has 38 heavy (non-hydrogen) atoms. The Morgan fingerprint density at radius 3 is 1.21 bits per heavy atom. The van der Waals surface area contributed by atoms with Crippen molar-refractivity contribution in [1.29, 1.82) is 0 Å². The first kappa shape index (κ1) is 27.6. The van der Waals surface area contributed by atoms with Gasteiger partial charge in [-0.1, -0.05) is 127 Å². The van der Waals surface area contributed by atoms with Gasteiger partial charge in [0.1, 0.15) is 0 Å². The molecule has 0 nitrogen and oxygen atoms in total. The molecule has 0 bridgehead atoms. The zero-order valence-electron chi connectivity index (χ0n) is 25.9. The van der Waals surface area contributed by atoms with Crippen LogP contribution < -0.4 is 0 Å². The van der Waals surface area contributed by atoms with E-state index in [0.29, 0.717) is 0 Å². The van der Waals surface area contributed by atoms with Crippen LogP contribution in [0.2, 0.25) is 0 Å². The summed E-state index contributed by atoms with van der Waals surface area (Å²) in [6, 6.07) is 0. The minimum atomic E-state index is 0.769. The van der Waals surface area contributed by atoms with Gasteiger partial charge in [0, 0.05) is 0 Å². The van der Waals surface area contributed by atoms with Gasteiger partial charge in [0.2, 0.25) is 0 Å². The van der Waals surface area contributed by atoms with Crippen molar-refractivity contribution in [2.45, 2.75) is 156 Å². The van der Waals surface area contributed by atoms with Crippen LogP contribution in [0.3, 0.4) is 0 Å². The van der Waals surface area contributed by atoms with E-state index in [4.69, 9.17) is 0 Å². The summed E-state index contributed by atoms with van der Waals surface area (Å²) in [5, 5.41) is 0. The lowest BCUT2D eigenvalue weighted by molar-refractivity contribution is 0.101. The van der Waals surface area contributed by atoms with Crippen LogP contribution in [-0.4, -0.2) is 0 Å².